The maximum atomic E-state index is 13.2. The molecule has 1 aromatic heterocycles. The van der Waals surface area contributed by atoms with Crippen molar-refractivity contribution in [2.75, 3.05) is 37.7 Å². The Morgan fingerprint density at radius 1 is 1.00 bits per heavy atom. The van der Waals surface area contributed by atoms with Gasteiger partial charge in [0, 0.05) is 43.6 Å². The van der Waals surface area contributed by atoms with Crippen molar-refractivity contribution in [3.8, 4) is 0 Å². The first kappa shape index (κ1) is 22.2. The molecule has 2 aromatic carbocycles. The zero-order valence-corrected chi connectivity index (χ0v) is 19.8. The van der Waals surface area contributed by atoms with Gasteiger partial charge in [-0.2, -0.15) is 0 Å². The first-order valence-corrected chi connectivity index (χ1v) is 12.5. The maximum Gasteiger partial charge on any atom is 0.254 e. The van der Waals surface area contributed by atoms with Gasteiger partial charge < -0.3 is 14.5 Å². The standard InChI is InChI=1S/C25H25ClN4O2S/c26-22-15-23(29-10-12-32-13-11-29)28-25(27-22)33-17-18-4-3-7-20(14-18)24(31)30-9-8-19-5-1-2-6-21(19)16-30/h1-7,14-15H,8-13,16-17H2. The van der Waals surface area contributed by atoms with Crippen molar-refractivity contribution in [3.05, 3.63) is 82.0 Å². The summed E-state index contributed by atoms with van der Waals surface area (Å²) in [5.74, 6) is 1.56. The minimum atomic E-state index is 0.0740. The van der Waals surface area contributed by atoms with E-state index in [1.165, 1.54) is 22.9 Å². The Bertz CT molecular complexity index is 1150. The molecule has 0 atom stereocenters. The monoisotopic (exact) mass is 480 g/mol. The molecule has 0 N–H and O–H groups in total. The van der Waals surface area contributed by atoms with Crippen LogP contribution < -0.4 is 4.90 Å². The van der Waals surface area contributed by atoms with Crippen molar-refractivity contribution in [1.82, 2.24) is 14.9 Å². The number of hydrogen-bond donors (Lipinski definition) is 0. The number of aromatic nitrogens is 2. The average Bonchev–Trinajstić information content (AvgIpc) is 2.87. The van der Waals surface area contributed by atoms with Gasteiger partial charge in [0.1, 0.15) is 11.0 Å². The number of carbonyl (C=O) groups excluding carboxylic acids is 1. The second-order valence-corrected chi connectivity index (χ2v) is 9.50. The quantitative estimate of drug-likeness (QED) is 0.305. The van der Waals surface area contributed by atoms with Crippen LogP contribution in [0.1, 0.15) is 27.0 Å². The highest BCUT2D eigenvalue weighted by Gasteiger charge is 2.22. The van der Waals surface area contributed by atoms with Gasteiger partial charge in [-0.15, -0.1) is 0 Å². The lowest BCUT2D eigenvalue weighted by molar-refractivity contribution is 0.0734. The fourth-order valence-corrected chi connectivity index (χ4v) is 5.22. The van der Waals surface area contributed by atoms with Gasteiger partial charge in [0.2, 0.25) is 0 Å². The summed E-state index contributed by atoms with van der Waals surface area (Å²) >= 11 is 7.79. The summed E-state index contributed by atoms with van der Waals surface area (Å²) in [5.41, 5.74) is 4.34. The van der Waals surface area contributed by atoms with Gasteiger partial charge in [-0.3, -0.25) is 4.79 Å². The normalized spacial score (nSPS) is 15.9. The van der Waals surface area contributed by atoms with Gasteiger partial charge in [-0.25, -0.2) is 9.97 Å². The smallest absolute Gasteiger partial charge is 0.254 e. The number of morpholine rings is 1. The Balaban J connectivity index is 1.26. The first-order chi connectivity index (χ1) is 16.2. The molecule has 2 aliphatic rings. The summed E-state index contributed by atoms with van der Waals surface area (Å²) in [4.78, 5) is 26.3. The van der Waals surface area contributed by atoms with Crippen LogP contribution in [0.5, 0.6) is 0 Å². The lowest BCUT2D eigenvalue weighted by Crippen LogP contribution is -2.36. The lowest BCUT2D eigenvalue weighted by atomic mass is 9.99. The summed E-state index contributed by atoms with van der Waals surface area (Å²) in [6, 6.07) is 18.0. The number of carbonyl (C=O) groups is 1. The zero-order valence-electron chi connectivity index (χ0n) is 18.2. The second kappa shape index (κ2) is 10.1. The van der Waals surface area contributed by atoms with Crippen LogP contribution in [0.4, 0.5) is 5.82 Å². The summed E-state index contributed by atoms with van der Waals surface area (Å²) in [5, 5.41) is 1.07. The summed E-state index contributed by atoms with van der Waals surface area (Å²) < 4.78 is 5.42. The number of ether oxygens (including phenoxy) is 1. The molecule has 1 saturated heterocycles. The van der Waals surface area contributed by atoms with Crippen molar-refractivity contribution in [2.24, 2.45) is 0 Å². The van der Waals surface area contributed by atoms with E-state index in [1.54, 1.807) is 6.07 Å². The fourth-order valence-electron chi connectivity index (χ4n) is 4.20. The molecule has 33 heavy (non-hydrogen) atoms. The van der Waals surface area contributed by atoms with Gasteiger partial charge in [-0.05, 0) is 35.2 Å². The van der Waals surface area contributed by atoms with E-state index in [0.29, 0.717) is 41.4 Å². The van der Waals surface area contributed by atoms with Crippen LogP contribution in [-0.4, -0.2) is 53.6 Å². The third kappa shape index (κ3) is 5.32. The largest absolute Gasteiger partial charge is 0.378 e. The molecule has 3 heterocycles. The molecule has 170 valence electrons. The SMILES string of the molecule is O=C(c1cccc(CSc2nc(Cl)cc(N3CCOCC3)n2)c1)N1CCc2ccccc2C1. The molecular weight excluding hydrogens is 456 g/mol. The molecule has 0 saturated carbocycles. The average molecular weight is 481 g/mol. The zero-order chi connectivity index (χ0) is 22.6. The van der Waals surface area contributed by atoms with E-state index in [-0.39, 0.29) is 5.91 Å². The van der Waals surface area contributed by atoms with Crippen LogP contribution in [-0.2, 0) is 23.5 Å². The van der Waals surface area contributed by atoms with Crippen LogP contribution in [0.25, 0.3) is 0 Å². The van der Waals surface area contributed by atoms with Gasteiger partial charge in [-0.1, -0.05) is 59.8 Å². The van der Waals surface area contributed by atoms with Gasteiger partial charge in [0.05, 0.1) is 13.2 Å². The molecule has 0 aliphatic carbocycles. The van der Waals surface area contributed by atoms with Crippen molar-refractivity contribution in [3.63, 3.8) is 0 Å². The number of amides is 1. The molecule has 1 fully saturated rings. The molecule has 6 nitrogen and oxygen atoms in total. The van der Waals surface area contributed by atoms with E-state index < -0.39 is 0 Å². The minimum Gasteiger partial charge on any atom is -0.378 e. The fraction of sp³-hybridized carbons (Fsp3) is 0.320. The number of fused-ring (bicyclic) bond motifs is 1. The predicted octanol–water partition coefficient (Wildman–Crippen LogP) is 4.46. The highest BCUT2D eigenvalue weighted by molar-refractivity contribution is 7.98. The first-order valence-electron chi connectivity index (χ1n) is 11.1. The van der Waals surface area contributed by atoms with E-state index in [4.69, 9.17) is 16.3 Å². The van der Waals surface area contributed by atoms with Crippen LogP contribution in [0.15, 0.2) is 59.8 Å². The molecule has 0 radical (unpaired) electrons. The Hall–Kier alpha value is -2.61. The van der Waals surface area contributed by atoms with Crippen molar-refractivity contribution in [1.29, 1.82) is 0 Å². The highest BCUT2D eigenvalue weighted by atomic mass is 35.5. The van der Waals surface area contributed by atoms with Crippen LogP contribution >= 0.6 is 23.4 Å². The molecule has 0 spiro atoms. The number of thioether (sulfide) groups is 1. The van der Waals surface area contributed by atoms with Crippen LogP contribution in [0, 0.1) is 0 Å². The number of hydrogen-bond acceptors (Lipinski definition) is 6. The molecular formula is C25H25ClN4O2S. The summed E-state index contributed by atoms with van der Waals surface area (Å²) in [6.07, 6.45) is 0.898. The number of rotatable bonds is 5. The predicted molar refractivity (Wildman–Crippen MR) is 131 cm³/mol. The Labute approximate surface area is 202 Å². The summed E-state index contributed by atoms with van der Waals surface area (Å²) in [6.45, 7) is 4.37. The van der Waals surface area contributed by atoms with Gasteiger partial charge >= 0.3 is 0 Å². The Kier molecular flexibility index (Phi) is 6.80. The number of anilines is 1. The van der Waals surface area contributed by atoms with Crippen LogP contribution in [0.2, 0.25) is 5.15 Å². The number of halogens is 1. The number of nitrogens with zero attached hydrogens (tertiary/aromatic N) is 4. The van der Waals surface area contributed by atoms with Crippen molar-refractivity contribution >= 4 is 35.1 Å². The van der Waals surface area contributed by atoms with E-state index >= 15 is 0 Å². The van der Waals surface area contributed by atoms with Crippen LogP contribution in [0.3, 0.4) is 0 Å². The van der Waals surface area contributed by atoms with Gasteiger partial charge in [0.25, 0.3) is 5.91 Å². The third-order valence-corrected chi connectivity index (χ3v) is 7.07. The molecule has 0 unspecified atom stereocenters. The molecule has 5 rings (SSSR count). The molecule has 1 amide bonds. The van der Waals surface area contributed by atoms with Crippen molar-refractivity contribution in [2.45, 2.75) is 23.9 Å². The third-order valence-electron chi connectivity index (χ3n) is 5.96. The molecule has 8 heteroatoms. The maximum absolute atomic E-state index is 13.2. The van der Waals surface area contributed by atoms with E-state index in [9.17, 15) is 4.79 Å². The highest BCUT2D eigenvalue weighted by Crippen LogP contribution is 2.26. The molecule has 0 bridgehead atoms. The molecule has 3 aromatic rings. The second-order valence-electron chi connectivity index (χ2n) is 8.17. The van der Waals surface area contributed by atoms with E-state index in [0.717, 1.165) is 37.4 Å². The Morgan fingerprint density at radius 2 is 1.82 bits per heavy atom. The summed E-state index contributed by atoms with van der Waals surface area (Å²) in [7, 11) is 0. The minimum absolute atomic E-state index is 0.0740. The topological polar surface area (TPSA) is 58.6 Å². The molecule has 2 aliphatic heterocycles. The van der Waals surface area contributed by atoms with E-state index in [1.807, 2.05) is 35.2 Å². The van der Waals surface area contributed by atoms with Crippen molar-refractivity contribution < 1.29 is 9.53 Å². The number of benzene rings is 2. The van der Waals surface area contributed by atoms with Gasteiger partial charge in [0.15, 0.2) is 5.16 Å². The lowest BCUT2D eigenvalue weighted by Gasteiger charge is -2.29. The van der Waals surface area contributed by atoms with E-state index in [2.05, 4.69) is 33.1 Å². The Morgan fingerprint density at radius 3 is 2.67 bits per heavy atom.